The average molecular weight is 248 g/mol. The number of hydrogen-bond acceptors (Lipinski definition) is 4. The predicted octanol–water partition coefficient (Wildman–Crippen LogP) is 1.76. The van der Waals surface area contributed by atoms with Crippen LogP contribution in [-0.4, -0.2) is 36.0 Å². The van der Waals surface area contributed by atoms with Crippen LogP contribution in [-0.2, 0) is 4.79 Å². The molecule has 1 aromatic rings. The highest BCUT2D eigenvalue weighted by Crippen LogP contribution is 2.35. The number of carboxylic acids is 1. The lowest BCUT2D eigenvalue weighted by Gasteiger charge is -2.23. The molecule has 1 aliphatic rings. The molecule has 0 amide bonds. The van der Waals surface area contributed by atoms with Crippen molar-refractivity contribution in [1.29, 1.82) is 0 Å². The molecule has 0 radical (unpaired) electrons. The summed E-state index contributed by atoms with van der Waals surface area (Å²) in [6, 6.07) is 7.16. The zero-order valence-electron chi connectivity index (χ0n) is 10.6. The summed E-state index contributed by atoms with van der Waals surface area (Å²) < 4.78 is 5.17. The van der Waals surface area contributed by atoms with Gasteiger partial charge in [-0.2, -0.15) is 5.10 Å². The number of ether oxygens (including phenoxy) is 1. The Hall–Kier alpha value is -2.04. The van der Waals surface area contributed by atoms with Crippen LogP contribution in [0.2, 0.25) is 0 Å². The molecule has 0 spiro atoms. The normalized spacial score (nSPS) is 22.8. The first-order valence-electron chi connectivity index (χ1n) is 5.69. The summed E-state index contributed by atoms with van der Waals surface area (Å²) in [4.78, 5) is 11.4. The zero-order chi connectivity index (χ0) is 13.3. The van der Waals surface area contributed by atoms with Crippen LogP contribution < -0.4 is 4.74 Å². The van der Waals surface area contributed by atoms with Gasteiger partial charge in [0.25, 0.3) is 0 Å². The van der Waals surface area contributed by atoms with E-state index in [0.29, 0.717) is 5.71 Å². The topological polar surface area (TPSA) is 62.1 Å². The van der Waals surface area contributed by atoms with Crippen molar-refractivity contribution in [3.05, 3.63) is 29.8 Å². The molecule has 0 fully saturated rings. The van der Waals surface area contributed by atoms with Crippen molar-refractivity contribution in [3.63, 3.8) is 0 Å². The van der Waals surface area contributed by atoms with E-state index in [1.165, 1.54) is 0 Å². The van der Waals surface area contributed by atoms with Gasteiger partial charge in [-0.05, 0) is 24.6 Å². The molecule has 0 saturated heterocycles. The van der Waals surface area contributed by atoms with Crippen LogP contribution in [0.25, 0.3) is 0 Å². The van der Waals surface area contributed by atoms with Crippen molar-refractivity contribution in [3.8, 4) is 5.75 Å². The molecule has 2 rings (SSSR count). The van der Waals surface area contributed by atoms with Crippen molar-refractivity contribution in [1.82, 2.24) is 5.01 Å². The number of carbonyl (C=O) groups is 1. The van der Waals surface area contributed by atoms with Crippen LogP contribution in [0.15, 0.2) is 29.4 Å². The van der Waals surface area contributed by atoms with Gasteiger partial charge in [-0.15, -0.1) is 0 Å². The SMILES string of the molecule is COc1cccc(C2C(C(=O)O)C(C)=NN2C)c1. The highest BCUT2D eigenvalue weighted by atomic mass is 16.5. The van der Waals surface area contributed by atoms with E-state index in [-0.39, 0.29) is 6.04 Å². The van der Waals surface area contributed by atoms with Crippen LogP contribution >= 0.6 is 0 Å². The second-order valence-electron chi connectivity index (χ2n) is 4.35. The molecular formula is C13H16N2O3. The smallest absolute Gasteiger partial charge is 0.314 e. The molecule has 1 aliphatic heterocycles. The molecule has 18 heavy (non-hydrogen) atoms. The Morgan fingerprint density at radius 3 is 2.83 bits per heavy atom. The van der Waals surface area contributed by atoms with Gasteiger partial charge in [0, 0.05) is 7.05 Å². The standard InChI is InChI=1S/C13H16N2O3/c1-8-11(13(16)17)12(15(2)14-8)9-5-4-6-10(7-9)18-3/h4-7,11-12H,1-3H3,(H,16,17). The molecule has 2 atom stereocenters. The molecule has 96 valence electrons. The maximum absolute atomic E-state index is 11.4. The molecule has 1 aromatic carbocycles. The second-order valence-corrected chi connectivity index (χ2v) is 4.35. The van der Waals surface area contributed by atoms with Crippen LogP contribution in [0.4, 0.5) is 0 Å². The number of benzene rings is 1. The second kappa shape index (κ2) is 4.68. The molecule has 1 heterocycles. The Labute approximate surface area is 106 Å². The van der Waals surface area contributed by atoms with Gasteiger partial charge in [-0.1, -0.05) is 12.1 Å². The van der Waals surface area contributed by atoms with Gasteiger partial charge in [0.2, 0.25) is 0 Å². The number of methoxy groups -OCH3 is 1. The van der Waals surface area contributed by atoms with Crippen LogP contribution in [0.5, 0.6) is 5.75 Å². The number of rotatable bonds is 3. The summed E-state index contributed by atoms with van der Waals surface area (Å²) in [6.07, 6.45) is 0. The summed E-state index contributed by atoms with van der Waals surface area (Å²) in [6.45, 7) is 1.75. The monoisotopic (exact) mass is 248 g/mol. The minimum atomic E-state index is -0.853. The minimum absolute atomic E-state index is 0.280. The van der Waals surface area contributed by atoms with Gasteiger partial charge in [0.05, 0.1) is 18.9 Å². The van der Waals surface area contributed by atoms with Crippen molar-refractivity contribution in [2.75, 3.05) is 14.2 Å². The summed E-state index contributed by atoms with van der Waals surface area (Å²) in [5, 5.41) is 15.3. The first-order chi connectivity index (χ1) is 8.54. The van der Waals surface area contributed by atoms with Gasteiger partial charge < -0.3 is 9.84 Å². The number of aliphatic carboxylic acids is 1. The maximum atomic E-state index is 11.4. The van der Waals surface area contributed by atoms with Gasteiger partial charge in [0.1, 0.15) is 11.7 Å². The Kier molecular flexibility index (Phi) is 3.23. The van der Waals surface area contributed by atoms with E-state index < -0.39 is 11.9 Å². The zero-order valence-corrected chi connectivity index (χ0v) is 10.6. The Bertz CT molecular complexity index is 499. The lowest BCUT2D eigenvalue weighted by Crippen LogP contribution is -2.28. The van der Waals surface area contributed by atoms with E-state index in [1.54, 1.807) is 26.1 Å². The van der Waals surface area contributed by atoms with Gasteiger partial charge in [-0.25, -0.2) is 0 Å². The Morgan fingerprint density at radius 2 is 2.22 bits per heavy atom. The minimum Gasteiger partial charge on any atom is -0.497 e. The summed E-state index contributed by atoms with van der Waals surface area (Å²) in [5.41, 5.74) is 1.52. The van der Waals surface area contributed by atoms with Crippen LogP contribution in [0, 0.1) is 5.92 Å². The molecule has 1 N–H and O–H groups in total. The Morgan fingerprint density at radius 1 is 1.50 bits per heavy atom. The number of nitrogens with zero attached hydrogens (tertiary/aromatic N) is 2. The third-order valence-electron chi connectivity index (χ3n) is 3.19. The molecule has 0 bridgehead atoms. The van der Waals surface area contributed by atoms with Gasteiger partial charge in [0.15, 0.2) is 0 Å². The lowest BCUT2D eigenvalue weighted by atomic mass is 9.91. The highest BCUT2D eigenvalue weighted by molar-refractivity contribution is 6.02. The highest BCUT2D eigenvalue weighted by Gasteiger charge is 2.39. The van der Waals surface area contributed by atoms with E-state index in [1.807, 2.05) is 24.3 Å². The molecule has 0 aliphatic carbocycles. The van der Waals surface area contributed by atoms with E-state index in [4.69, 9.17) is 4.74 Å². The van der Waals surface area contributed by atoms with E-state index in [9.17, 15) is 9.90 Å². The van der Waals surface area contributed by atoms with E-state index in [0.717, 1.165) is 11.3 Å². The summed E-state index contributed by atoms with van der Waals surface area (Å²) >= 11 is 0. The van der Waals surface area contributed by atoms with Crippen molar-refractivity contribution in [2.24, 2.45) is 11.0 Å². The fraction of sp³-hybridized carbons (Fsp3) is 0.385. The molecular weight excluding hydrogens is 232 g/mol. The number of carboxylic acid groups (broad SMARTS) is 1. The molecule has 5 heteroatoms. The van der Waals surface area contributed by atoms with Crippen molar-refractivity contribution in [2.45, 2.75) is 13.0 Å². The summed E-state index contributed by atoms with van der Waals surface area (Å²) in [7, 11) is 3.38. The largest absolute Gasteiger partial charge is 0.497 e. The molecule has 2 unspecified atom stereocenters. The lowest BCUT2D eigenvalue weighted by molar-refractivity contribution is -0.140. The van der Waals surface area contributed by atoms with Crippen molar-refractivity contribution < 1.29 is 14.6 Å². The maximum Gasteiger partial charge on any atom is 0.314 e. The van der Waals surface area contributed by atoms with Crippen LogP contribution in [0.1, 0.15) is 18.5 Å². The third-order valence-corrected chi connectivity index (χ3v) is 3.19. The van der Waals surface area contributed by atoms with Gasteiger partial charge in [-0.3, -0.25) is 9.80 Å². The quantitative estimate of drug-likeness (QED) is 0.885. The average Bonchev–Trinajstić information content (AvgIpc) is 2.64. The number of hydrazone groups is 1. The molecule has 5 nitrogen and oxygen atoms in total. The fourth-order valence-corrected chi connectivity index (χ4v) is 2.36. The third kappa shape index (κ3) is 2.03. The predicted molar refractivity (Wildman–Crippen MR) is 67.7 cm³/mol. The molecule has 0 saturated carbocycles. The summed E-state index contributed by atoms with van der Waals surface area (Å²) in [5.74, 6) is -0.745. The fourth-order valence-electron chi connectivity index (χ4n) is 2.36. The number of hydrogen-bond donors (Lipinski definition) is 1. The first kappa shape index (κ1) is 12.4. The molecule has 0 aromatic heterocycles. The first-order valence-corrected chi connectivity index (χ1v) is 5.69. The van der Waals surface area contributed by atoms with E-state index in [2.05, 4.69) is 5.10 Å². The van der Waals surface area contributed by atoms with Gasteiger partial charge >= 0.3 is 5.97 Å². The van der Waals surface area contributed by atoms with E-state index >= 15 is 0 Å². The van der Waals surface area contributed by atoms with Crippen molar-refractivity contribution >= 4 is 11.7 Å². The Balaban J connectivity index is 2.39. The van der Waals surface area contributed by atoms with Crippen LogP contribution in [0.3, 0.4) is 0 Å².